The molecular formula is C21H28N2O3S. The van der Waals surface area contributed by atoms with Gasteiger partial charge in [0.15, 0.2) is 0 Å². The number of amides is 1. The summed E-state index contributed by atoms with van der Waals surface area (Å²) in [5.74, 6) is -0.161. The standard InChI is InChI=1S/C21H28N2O3S/c1-5-26-21(25)16-7-9-22(10-8-16)20(24)18-13-19-17(12-15(4)27-19)23(18)11-6-14(2)3/h6,12-13,16H,5,7-11H2,1-4H3. The highest BCUT2D eigenvalue weighted by Crippen LogP contribution is 2.30. The third-order valence-electron chi connectivity index (χ3n) is 5.02. The largest absolute Gasteiger partial charge is 0.466 e. The summed E-state index contributed by atoms with van der Waals surface area (Å²) in [6.07, 6.45) is 3.50. The van der Waals surface area contributed by atoms with Gasteiger partial charge in [0.2, 0.25) is 0 Å². The minimum atomic E-state index is -0.132. The Balaban J connectivity index is 1.79. The summed E-state index contributed by atoms with van der Waals surface area (Å²) in [6, 6.07) is 4.17. The number of hydrogen-bond acceptors (Lipinski definition) is 4. The number of aryl methyl sites for hydroxylation is 1. The van der Waals surface area contributed by atoms with Gasteiger partial charge in [0.05, 0.1) is 22.7 Å². The third kappa shape index (κ3) is 4.26. The number of fused-ring (bicyclic) bond motifs is 1. The topological polar surface area (TPSA) is 51.5 Å². The molecule has 1 aliphatic rings. The summed E-state index contributed by atoms with van der Waals surface area (Å²) in [4.78, 5) is 28.2. The zero-order chi connectivity index (χ0) is 19.6. The Morgan fingerprint density at radius 3 is 2.59 bits per heavy atom. The van der Waals surface area contributed by atoms with Gasteiger partial charge in [0.1, 0.15) is 5.69 Å². The van der Waals surface area contributed by atoms with Gasteiger partial charge in [-0.05, 0) is 52.7 Å². The van der Waals surface area contributed by atoms with Gasteiger partial charge in [0, 0.05) is 24.5 Å². The third-order valence-corrected chi connectivity index (χ3v) is 6.00. The quantitative estimate of drug-likeness (QED) is 0.564. The zero-order valence-electron chi connectivity index (χ0n) is 16.6. The van der Waals surface area contributed by atoms with Crippen LogP contribution in [0.1, 0.15) is 49.0 Å². The van der Waals surface area contributed by atoms with E-state index in [4.69, 9.17) is 4.74 Å². The molecule has 1 amide bonds. The summed E-state index contributed by atoms with van der Waals surface area (Å²) in [7, 11) is 0. The molecule has 0 unspecified atom stereocenters. The van der Waals surface area contributed by atoms with Crippen molar-refractivity contribution >= 4 is 33.4 Å². The second-order valence-electron chi connectivity index (χ2n) is 7.35. The van der Waals surface area contributed by atoms with Crippen molar-refractivity contribution in [1.82, 2.24) is 9.47 Å². The maximum absolute atomic E-state index is 13.2. The van der Waals surface area contributed by atoms with E-state index in [0.29, 0.717) is 39.1 Å². The summed E-state index contributed by atoms with van der Waals surface area (Å²) >= 11 is 1.72. The fourth-order valence-corrected chi connectivity index (χ4v) is 4.51. The average molecular weight is 389 g/mol. The van der Waals surface area contributed by atoms with Gasteiger partial charge < -0.3 is 14.2 Å². The molecular weight excluding hydrogens is 360 g/mol. The van der Waals surface area contributed by atoms with Gasteiger partial charge in [-0.3, -0.25) is 9.59 Å². The first-order valence-electron chi connectivity index (χ1n) is 9.59. The van der Waals surface area contributed by atoms with Crippen molar-refractivity contribution in [3.8, 4) is 0 Å². The molecule has 1 saturated heterocycles. The molecule has 0 bridgehead atoms. The molecule has 0 spiro atoms. The van der Waals surface area contributed by atoms with Crippen molar-refractivity contribution < 1.29 is 14.3 Å². The normalized spacial score (nSPS) is 15.2. The van der Waals surface area contributed by atoms with Crippen LogP contribution in [0.2, 0.25) is 0 Å². The van der Waals surface area contributed by atoms with E-state index in [-0.39, 0.29) is 17.8 Å². The van der Waals surface area contributed by atoms with Crippen molar-refractivity contribution in [3.05, 3.63) is 34.4 Å². The molecule has 0 radical (unpaired) electrons. The van der Waals surface area contributed by atoms with Crippen LogP contribution in [0, 0.1) is 12.8 Å². The lowest BCUT2D eigenvalue weighted by Crippen LogP contribution is -2.41. The highest BCUT2D eigenvalue weighted by molar-refractivity contribution is 7.19. The van der Waals surface area contributed by atoms with Crippen LogP contribution in [0.5, 0.6) is 0 Å². The van der Waals surface area contributed by atoms with E-state index in [1.807, 2.05) is 17.9 Å². The van der Waals surface area contributed by atoms with Crippen LogP contribution in [-0.4, -0.2) is 41.0 Å². The van der Waals surface area contributed by atoms with E-state index in [2.05, 4.69) is 37.5 Å². The zero-order valence-corrected chi connectivity index (χ0v) is 17.4. The maximum Gasteiger partial charge on any atom is 0.309 e. The number of carbonyl (C=O) groups excluding carboxylic acids is 2. The number of allylic oxidation sites excluding steroid dienone is 2. The van der Waals surface area contributed by atoms with Crippen LogP contribution in [0.25, 0.3) is 10.2 Å². The lowest BCUT2D eigenvalue weighted by molar-refractivity contribution is -0.149. The number of hydrogen-bond donors (Lipinski definition) is 0. The molecule has 0 saturated carbocycles. The first-order valence-corrected chi connectivity index (χ1v) is 10.4. The lowest BCUT2D eigenvalue weighted by atomic mass is 9.97. The molecule has 3 heterocycles. The molecule has 0 N–H and O–H groups in total. The Hall–Kier alpha value is -2.08. The van der Waals surface area contributed by atoms with E-state index < -0.39 is 0 Å². The van der Waals surface area contributed by atoms with Crippen LogP contribution >= 0.6 is 11.3 Å². The molecule has 2 aromatic rings. The van der Waals surface area contributed by atoms with E-state index >= 15 is 0 Å². The van der Waals surface area contributed by atoms with Crippen molar-refractivity contribution in [2.24, 2.45) is 5.92 Å². The summed E-state index contributed by atoms with van der Waals surface area (Å²) < 4.78 is 8.39. The monoisotopic (exact) mass is 388 g/mol. The van der Waals surface area contributed by atoms with Gasteiger partial charge >= 0.3 is 5.97 Å². The molecule has 5 nitrogen and oxygen atoms in total. The number of carbonyl (C=O) groups is 2. The summed E-state index contributed by atoms with van der Waals surface area (Å²) in [5, 5.41) is 0. The smallest absolute Gasteiger partial charge is 0.309 e. The number of piperidine rings is 1. The minimum Gasteiger partial charge on any atom is -0.466 e. The number of rotatable bonds is 5. The molecule has 27 heavy (non-hydrogen) atoms. The predicted octanol–water partition coefficient (Wildman–Crippen LogP) is 4.39. The van der Waals surface area contributed by atoms with Crippen molar-refractivity contribution in [1.29, 1.82) is 0 Å². The van der Waals surface area contributed by atoms with Gasteiger partial charge in [-0.15, -0.1) is 11.3 Å². The van der Waals surface area contributed by atoms with E-state index in [9.17, 15) is 9.59 Å². The molecule has 1 aliphatic heterocycles. The lowest BCUT2D eigenvalue weighted by Gasteiger charge is -2.31. The summed E-state index contributed by atoms with van der Waals surface area (Å²) in [5.41, 5.74) is 3.10. The van der Waals surface area contributed by atoms with Crippen LogP contribution < -0.4 is 0 Å². The first-order chi connectivity index (χ1) is 12.9. The maximum atomic E-state index is 13.2. The molecule has 1 fully saturated rings. The molecule has 0 aromatic carbocycles. The highest BCUT2D eigenvalue weighted by atomic mass is 32.1. The Labute approximate surface area is 164 Å². The van der Waals surface area contributed by atoms with Gasteiger partial charge in [-0.2, -0.15) is 0 Å². The van der Waals surface area contributed by atoms with Gasteiger partial charge in [-0.1, -0.05) is 11.6 Å². The van der Waals surface area contributed by atoms with Crippen LogP contribution in [0.4, 0.5) is 0 Å². The second-order valence-corrected chi connectivity index (χ2v) is 8.63. The number of thiophene rings is 1. The van der Waals surface area contributed by atoms with Crippen molar-refractivity contribution in [2.75, 3.05) is 19.7 Å². The Morgan fingerprint density at radius 1 is 1.26 bits per heavy atom. The number of likely N-dealkylation sites (tertiary alicyclic amines) is 1. The predicted molar refractivity (Wildman–Crippen MR) is 109 cm³/mol. The molecule has 0 aliphatic carbocycles. The fraction of sp³-hybridized carbons (Fsp3) is 0.524. The van der Waals surface area contributed by atoms with Crippen LogP contribution in [-0.2, 0) is 16.1 Å². The molecule has 0 atom stereocenters. The van der Waals surface area contributed by atoms with Gasteiger partial charge in [0.25, 0.3) is 5.91 Å². The van der Waals surface area contributed by atoms with Crippen LogP contribution in [0.15, 0.2) is 23.8 Å². The molecule has 6 heteroatoms. The van der Waals surface area contributed by atoms with E-state index in [1.165, 1.54) is 10.5 Å². The summed E-state index contributed by atoms with van der Waals surface area (Å²) in [6.45, 7) is 10.4. The Kier molecular flexibility index (Phi) is 6.05. The number of nitrogens with zero attached hydrogens (tertiary/aromatic N) is 2. The van der Waals surface area contributed by atoms with E-state index in [1.54, 1.807) is 11.3 Å². The van der Waals surface area contributed by atoms with Gasteiger partial charge in [-0.25, -0.2) is 0 Å². The SMILES string of the molecule is CCOC(=O)C1CCN(C(=O)c2cc3sc(C)cc3n2CC=C(C)C)CC1. The van der Waals surface area contributed by atoms with Crippen molar-refractivity contribution in [3.63, 3.8) is 0 Å². The molecule has 146 valence electrons. The first kappa shape index (κ1) is 19.7. The van der Waals surface area contributed by atoms with Crippen LogP contribution in [0.3, 0.4) is 0 Å². The number of aromatic nitrogens is 1. The Bertz CT molecular complexity index is 865. The van der Waals surface area contributed by atoms with Crippen molar-refractivity contribution in [2.45, 2.75) is 47.1 Å². The van der Waals surface area contributed by atoms with E-state index in [0.717, 1.165) is 15.9 Å². The average Bonchev–Trinajstić information content (AvgIpc) is 3.15. The fourth-order valence-electron chi connectivity index (χ4n) is 3.55. The number of ether oxygens (including phenoxy) is 1. The second kappa shape index (κ2) is 8.30. The Morgan fingerprint density at radius 2 is 1.96 bits per heavy atom. The molecule has 2 aromatic heterocycles. The minimum absolute atomic E-state index is 0.0560. The number of esters is 1. The highest BCUT2D eigenvalue weighted by Gasteiger charge is 2.30. The molecule has 3 rings (SSSR count).